The van der Waals surface area contributed by atoms with Crippen molar-refractivity contribution in [3.8, 4) is 0 Å². The molecule has 0 saturated carbocycles. The molecule has 5 heteroatoms. The monoisotopic (exact) mass is 424 g/mol. The minimum atomic E-state index is -0.721. The van der Waals surface area contributed by atoms with Crippen molar-refractivity contribution in [3.05, 3.63) is 79.2 Å². The van der Waals surface area contributed by atoms with Gasteiger partial charge in [-0.15, -0.1) is 0 Å². The number of halogens is 2. The van der Waals surface area contributed by atoms with Gasteiger partial charge in [-0.2, -0.15) is 0 Å². The largest absolute Gasteiger partial charge is 0.369 e. The Labute approximate surface area is 143 Å². The normalized spacial score (nSPS) is 31.5. The molecule has 108 valence electrons. The molecule has 0 aromatic heterocycles. The van der Waals surface area contributed by atoms with E-state index in [0.29, 0.717) is 0 Å². The Balaban J connectivity index is 2.08. The van der Waals surface area contributed by atoms with Gasteiger partial charge in [0, 0.05) is 7.92 Å². The number of dihydropyridines is 2. The van der Waals surface area contributed by atoms with Crippen LogP contribution >= 0.6 is 39.8 Å². The van der Waals surface area contributed by atoms with Gasteiger partial charge < -0.3 is 10.6 Å². The summed E-state index contributed by atoms with van der Waals surface area (Å²) in [7, 11) is -0.721. The van der Waals surface area contributed by atoms with Crippen LogP contribution in [-0.2, 0) is 0 Å². The fourth-order valence-electron chi connectivity index (χ4n) is 2.37. The van der Waals surface area contributed by atoms with Crippen molar-refractivity contribution < 1.29 is 0 Å². The second-order valence-corrected chi connectivity index (χ2v) is 11.1. The Morgan fingerprint density at radius 2 is 1.29 bits per heavy atom. The van der Waals surface area contributed by atoms with Crippen LogP contribution in [0.1, 0.15) is 0 Å². The summed E-state index contributed by atoms with van der Waals surface area (Å²) < 4.78 is -0.630. The maximum Gasteiger partial charge on any atom is 0.138 e. The number of hydrogen-bond acceptors (Lipinski definition) is 2. The first-order chi connectivity index (χ1) is 10.1. The molecule has 1 aromatic rings. The highest BCUT2D eigenvalue weighted by atomic mass is 79.9. The molecule has 21 heavy (non-hydrogen) atoms. The van der Waals surface area contributed by atoms with E-state index in [0.717, 1.165) is 0 Å². The zero-order valence-electron chi connectivity index (χ0n) is 11.2. The van der Waals surface area contributed by atoms with Gasteiger partial charge in [0.25, 0.3) is 0 Å². The van der Waals surface area contributed by atoms with E-state index in [1.807, 2.05) is 30.6 Å². The maximum absolute atomic E-state index is 3.92. The Hall–Kier alpha value is -0.830. The van der Waals surface area contributed by atoms with E-state index in [4.69, 9.17) is 0 Å². The molecule has 2 N–H and O–H groups in total. The fourth-order valence-corrected chi connectivity index (χ4v) is 9.13. The molecule has 0 bridgehead atoms. The van der Waals surface area contributed by atoms with Crippen molar-refractivity contribution in [2.24, 2.45) is 0 Å². The number of rotatable bonds is 3. The summed E-state index contributed by atoms with van der Waals surface area (Å²) in [6.07, 6.45) is 16.4. The van der Waals surface area contributed by atoms with Crippen LogP contribution in [0.4, 0.5) is 0 Å². The molecule has 2 unspecified atom stereocenters. The second kappa shape index (κ2) is 6.12. The molecule has 2 nitrogen and oxygen atoms in total. The number of allylic oxidation sites excluding steroid dienone is 4. The summed E-state index contributed by atoms with van der Waals surface area (Å²) in [6.45, 7) is 0. The molecule has 2 aliphatic heterocycles. The topological polar surface area (TPSA) is 24.1 Å². The van der Waals surface area contributed by atoms with Gasteiger partial charge >= 0.3 is 0 Å². The number of benzene rings is 1. The summed E-state index contributed by atoms with van der Waals surface area (Å²) in [5.74, 6) is 0. The van der Waals surface area contributed by atoms with Crippen molar-refractivity contribution in [2.75, 3.05) is 0 Å². The summed E-state index contributed by atoms with van der Waals surface area (Å²) >= 11 is 7.84. The third-order valence-electron chi connectivity index (χ3n) is 3.29. The summed E-state index contributed by atoms with van der Waals surface area (Å²) in [6, 6.07) is 10.6. The third-order valence-corrected chi connectivity index (χ3v) is 9.07. The lowest BCUT2D eigenvalue weighted by Gasteiger charge is -2.45. The van der Waals surface area contributed by atoms with E-state index >= 15 is 0 Å². The van der Waals surface area contributed by atoms with Crippen LogP contribution in [0.5, 0.6) is 0 Å². The smallest absolute Gasteiger partial charge is 0.138 e. The molecule has 0 aliphatic carbocycles. The average Bonchev–Trinajstić information content (AvgIpc) is 2.49. The quantitative estimate of drug-likeness (QED) is 0.430. The predicted octanol–water partition coefficient (Wildman–Crippen LogP) is 4.24. The van der Waals surface area contributed by atoms with Gasteiger partial charge in [-0.25, -0.2) is 0 Å². The van der Waals surface area contributed by atoms with Crippen molar-refractivity contribution in [2.45, 2.75) is 8.38 Å². The summed E-state index contributed by atoms with van der Waals surface area (Å²) in [5, 5.41) is 8.23. The molecule has 2 heterocycles. The fraction of sp³-hybridized carbons (Fsp3) is 0.125. The molecule has 2 aliphatic rings. The highest BCUT2D eigenvalue weighted by Gasteiger charge is 2.47. The Morgan fingerprint density at radius 1 is 0.762 bits per heavy atom. The minimum absolute atomic E-state index is 0.315. The number of alkyl halides is 2. The first-order valence-corrected chi connectivity index (χ1v) is 9.54. The lowest BCUT2D eigenvalue weighted by molar-refractivity contribution is 0.803. The molecule has 0 spiro atoms. The molecule has 0 radical (unpaired) electrons. The first kappa shape index (κ1) is 15.1. The summed E-state index contributed by atoms with van der Waals surface area (Å²) in [4.78, 5) is 0. The van der Waals surface area contributed by atoms with Gasteiger partial charge in [0.15, 0.2) is 0 Å². The average molecular weight is 426 g/mol. The van der Waals surface area contributed by atoms with Gasteiger partial charge in [-0.05, 0) is 42.0 Å². The summed E-state index contributed by atoms with van der Waals surface area (Å²) in [5.41, 5.74) is 0. The lowest BCUT2D eigenvalue weighted by atomic mass is 10.4. The van der Waals surface area contributed by atoms with E-state index in [9.17, 15) is 0 Å². The third kappa shape index (κ3) is 3.03. The Morgan fingerprint density at radius 3 is 1.71 bits per heavy atom. The molecule has 3 rings (SSSR count). The van der Waals surface area contributed by atoms with E-state index in [1.165, 1.54) is 5.30 Å². The van der Waals surface area contributed by atoms with Crippen LogP contribution in [0.15, 0.2) is 79.2 Å². The van der Waals surface area contributed by atoms with E-state index < -0.39 is 7.92 Å². The van der Waals surface area contributed by atoms with Crippen LogP contribution in [0.2, 0.25) is 0 Å². The SMILES string of the molecule is BrC1(P(c2ccccc2)C2(Br)C=CC=CN2)C=CC=CN1. The van der Waals surface area contributed by atoms with Crippen LogP contribution in [0.25, 0.3) is 0 Å². The van der Waals surface area contributed by atoms with Crippen LogP contribution in [-0.4, -0.2) is 8.38 Å². The van der Waals surface area contributed by atoms with Crippen LogP contribution < -0.4 is 15.9 Å². The Kier molecular flexibility index (Phi) is 4.39. The maximum atomic E-state index is 3.92. The molecule has 0 fully saturated rings. The van der Waals surface area contributed by atoms with Gasteiger partial charge in [0.05, 0.1) is 0 Å². The second-order valence-electron chi connectivity index (χ2n) is 4.74. The van der Waals surface area contributed by atoms with Gasteiger partial charge in [-0.1, -0.05) is 74.3 Å². The molecular weight excluding hydrogens is 411 g/mol. The predicted molar refractivity (Wildman–Crippen MR) is 99.1 cm³/mol. The lowest BCUT2D eigenvalue weighted by Crippen LogP contribution is -2.47. The van der Waals surface area contributed by atoms with E-state index in [-0.39, 0.29) is 8.38 Å². The Bertz CT molecular complexity index is 590. The van der Waals surface area contributed by atoms with Crippen molar-refractivity contribution >= 4 is 45.1 Å². The van der Waals surface area contributed by atoms with E-state index in [1.54, 1.807) is 0 Å². The van der Waals surface area contributed by atoms with Crippen LogP contribution in [0, 0.1) is 0 Å². The minimum Gasteiger partial charge on any atom is -0.369 e. The molecule has 2 atom stereocenters. The van der Waals surface area contributed by atoms with Crippen molar-refractivity contribution in [1.29, 1.82) is 0 Å². The van der Waals surface area contributed by atoms with Gasteiger partial charge in [-0.3, -0.25) is 0 Å². The van der Waals surface area contributed by atoms with E-state index in [2.05, 4.69) is 91.1 Å². The van der Waals surface area contributed by atoms with Crippen LogP contribution in [0.3, 0.4) is 0 Å². The van der Waals surface area contributed by atoms with Gasteiger partial charge in [0.2, 0.25) is 0 Å². The first-order valence-electron chi connectivity index (χ1n) is 6.61. The van der Waals surface area contributed by atoms with Crippen molar-refractivity contribution in [3.63, 3.8) is 0 Å². The molecular formula is C16H15Br2N2P. The number of nitrogens with one attached hydrogen (secondary N) is 2. The molecule has 1 aromatic carbocycles. The standard InChI is InChI=1S/C16H15Br2N2P/c17-15(10-4-6-12-19-15)21(14-8-2-1-3-9-14)16(18)11-5-7-13-20-16/h1-13,19-20H. The van der Waals surface area contributed by atoms with Gasteiger partial charge in [0.1, 0.15) is 8.38 Å². The highest BCUT2D eigenvalue weighted by Crippen LogP contribution is 2.63. The highest BCUT2D eigenvalue weighted by molar-refractivity contribution is 9.13. The van der Waals surface area contributed by atoms with Crippen molar-refractivity contribution in [1.82, 2.24) is 10.6 Å². The molecule has 0 saturated heterocycles. The number of hydrogen-bond donors (Lipinski definition) is 2. The zero-order valence-corrected chi connectivity index (χ0v) is 15.3. The zero-order chi connectivity index (χ0) is 14.8. The molecule has 0 amide bonds.